The first-order valence-corrected chi connectivity index (χ1v) is 7.63. The molecule has 2 saturated carbocycles. The molecule has 2 fully saturated rings. The Kier molecular flexibility index (Phi) is 3.41. The minimum absolute atomic E-state index is 0.260. The molecule has 0 aromatic heterocycles. The van der Waals surface area contributed by atoms with E-state index in [1.807, 2.05) is 0 Å². The third-order valence-electron chi connectivity index (χ3n) is 5.15. The monoisotopic (exact) mass is 244 g/mol. The molecule has 3 aliphatic rings. The lowest BCUT2D eigenvalue weighted by atomic mass is 9.88. The van der Waals surface area contributed by atoms with E-state index in [-0.39, 0.29) is 5.78 Å². The molecule has 0 bridgehead atoms. The highest BCUT2D eigenvalue weighted by Gasteiger charge is 2.33. The standard InChI is InChI=1S/C17H24O/c1-12(14-4-5-14)10-13-2-3-16(11-13)15-6-8-17(18)9-7-15/h6-8,12-14,16H,2-5,9-11H2,1H3/t12-,13?,16-/m0/s1. The lowest BCUT2D eigenvalue weighted by Gasteiger charge is -2.17. The van der Waals surface area contributed by atoms with Crippen LogP contribution in [0.1, 0.15) is 51.9 Å². The van der Waals surface area contributed by atoms with E-state index < -0.39 is 0 Å². The average molecular weight is 244 g/mol. The summed E-state index contributed by atoms with van der Waals surface area (Å²) in [7, 11) is 0. The first-order valence-electron chi connectivity index (χ1n) is 7.63. The van der Waals surface area contributed by atoms with Crippen molar-refractivity contribution in [3.8, 4) is 0 Å². The predicted octanol–water partition coefficient (Wildman–Crippen LogP) is 4.29. The third kappa shape index (κ3) is 2.76. The molecule has 0 aromatic carbocycles. The molecule has 0 spiro atoms. The van der Waals surface area contributed by atoms with Crippen molar-refractivity contribution in [1.29, 1.82) is 0 Å². The summed E-state index contributed by atoms with van der Waals surface area (Å²) in [4.78, 5) is 11.2. The van der Waals surface area contributed by atoms with E-state index in [4.69, 9.17) is 0 Å². The minimum atomic E-state index is 0.260. The summed E-state index contributed by atoms with van der Waals surface area (Å²) in [6, 6.07) is 0. The van der Waals surface area contributed by atoms with E-state index >= 15 is 0 Å². The molecule has 1 heteroatoms. The van der Waals surface area contributed by atoms with Crippen molar-refractivity contribution in [1.82, 2.24) is 0 Å². The number of hydrogen-bond acceptors (Lipinski definition) is 1. The number of ketones is 1. The maximum Gasteiger partial charge on any atom is 0.159 e. The highest BCUT2D eigenvalue weighted by atomic mass is 16.1. The van der Waals surface area contributed by atoms with Gasteiger partial charge in [-0.05, 0) is 73.8 Å². The van der Waals surface area contributed by atoms with Crippen LogP contribution in [0, 0.1) is 23.7 Å². The fourth-order valence-corrected chi connectivity index (χ4v) is 3.82. The summed E-state index contributed by atoms with van der Waals surface area (Å²) < 4.78 is 0. The number of carbonyl (C=O) groups is 1. The fourth-order valence-electron chi connectivity index (χ4n) is 3.82. The number of rotatable bonds is 4. The molecule has 0 saturated heterocycles. The highest BCUT2D eigenvalue weighted by Crippen LogP contribution is 2.45. The Hall–Kier alpha value is -0.850. The maximum absolute atomic E-state index is 11.2. The van der Waals surface area contributed by atoms with E-state index in [0.717, 1.165) is 23.7 Å². The lowest BCUT2D eigenvalue weighted by molar-refractivity contribution is -0.113. The Morgan fingerprint density at radius 2 is 2.06 bits per heavy atom. The van der Waals surface area contributed by atoms with Gasteiger partial charge in [0.05, 0.1) is 0 Å². The summed E-state index contributed by atoms with van der Waals surface area (Å²) in [5.74, 6) is 3.95. The summed E-state index contributed by atoms with van der Waals surface area (Å²) in [6.07, 6.45) is 15.1. The first-order chi connectivity index (χ1) is 8.72. The molecule has 0 radical (unpaired) electrons. The van der Waals surface area contributed by atoms with Gasteiger partial charge in [0.2, 0.25) is 0 Å². The Morgan fingerprint density at radius 1 is 1.22 bits per heavy atom. The number of allylic oxidation sites excluding steroid dienone is 4. The molecule has 3 rings (SSSR count). The second-order valence-corrected chi connectivity index (χ2v) is 6.63. The van der Waals surface area contributed by atoms with Gasteiger partial charge in [-0.25, -0.2) is 0 Å². The van der Waals surface area contributed by atoms with Crippen LogP contribution in [0.15, 0.2) is 23.8 Å². The summed E-state index contributed by atoms with van der Waals surface area (Å²) in [5.41, 5.74) is 1.44. The van der Waals surface area contributed by atoms with Gasteiger partial charge in [-0.1, -0.05) is 19.1 Å². The van der Waals surface area contributed by atoms with Gasteiger partial charge >= 0.3 is 0 Å². The average Bonchev–Trinajstić information content (AvgIpc) is 3.12. The quantitative estimate of drug-likeness (QED) is 0.721. The van der Waals surface area contributed by atoms with E-state index in [2.05, 4.69) is 19.1 Å². The van der Waals surface area contributed by atoms with Gasteiger partial charge in [0.25, 0.3) is 0 Å². The Balaban J connectivity index is 1.52. The zero-order chi connectivity index (χ0) is 12.5. The minimum Gasteiger partial charge on any atom is -0.295 e. The van der Waals surface area contributed by atoms with Crippen LogP contribution in [-0.2, 0) is 4.79 Å². The van der Waals surface area contributed by atoms with Gasteiger partial charge in [-0.15, -0.1) is 0 Å². The van der Waals surface area contributed by atoms with Crippen molar-refractivity contribution in [3.05, 3.63) is 23.8 Å². The normalized spacial score (nSPS) is 33.6. The van der Waals surface area contributed by atoms with E-state index in [0.29, 0.717) is 6.42 Å². The zero-order valence-corrected chi connectivity index (χ0v) is 11.4. The van der Waals surface area contributed by atoms with Gasteiger partial charge in [0, 0.05) is 6.42 Å². The largest absolute Gasteiger partial charge is 0.295 e. The molecule has 3 atom stereocenters. The second-order valence-electron chi connectivity index (χ2n) is 6.63. The van der Waals surface area contributed by atoms with Gasteiger partial charge in [-0.2, -0.15) is 0 Å². The van der Waals surface area contributed by atoms with Crippen LogP contribution in [0.3, 0.4) is 0 Å². The molecule has 1 unspecified atom stereocenters. The fraction of sp³-hybridized carbons (Fsp3) is 0.706. The van der Waals surface area contributed by atoms with Crippen LogP contribution in [0.2, 0.25) is 0 Å². The van der Waals surface area contributed by atoms with Gasteiger partial charge in [-0.3, -0.25) is 4.79 Å². The maximum atomic E-state index is 11.2. The van der Waals surface area contributed by atoms with Crippen LogP contribution < -0.4 is 0 Å². The second kappa shape index (κ2) is 5.03. The van der Waals surface area contributed by atoms with Crippen LogP contribution in [0.4, 0.5) is 0 Å². The molecular formula is C17H24O. The smallest absolute Gasteiger partial charge is 0.159 e. The van der Waals surface area contributed by atoms with Crippen molar-refractivity contribution in [3.63, 3.8) is 0 Å². The van der Waals surface area contributed by atoms with Crippen LogP contribution in [0.25, 0.3) is 0 Å². The Morgan fingerprint density at radius 3 is 2.72 bits per heavy atom. The summed E-state index contributed by atoms with van der Waals surface area (Å²) >= 11 is 0. The van der Waals surface area contributed by atoms with Crippen molar-refractivity contribution >= 4 is 5.78 Å². The van der Waals surface area contributed by atoms with Crippen LogP contribution >= 0.6 is 0 Å². The number of hydrogen-bond donors (Lipinski definition) is 0. The molecule has 0 heterocycles. The topological polar surface area (TPSA) is 17.1 Å². The third-order valence-corrected chi connectivity index (χ3v) is 5.15. The lowest BCUT2D eigenvalue weighted by Crippen LogP contribution is -2.07. The van der Waals surface area contributed by atoms with Crippen LogP contribution in [-0.4, -0.2) is 5.78 Å². The molecule has 0 aliphatic heterocycles. The molecule has 3 aliphatic carbocycles. The molecule has 18 heavy (non-hydrogen) atoms. The SMILES string of the molecule is C[C@@H](CC1CC[C@H](C2=CCC(=O)C=C2)C1)C1CC1. The van der Waals surface area contributed by atoms with Crippen molar-refractivity contribution < 1.29 is 4.79 Å². The highest BCUT2D eigenvalue weighted by molar-refractivity contribution is 5.92. The number of carbonyl (C=O) groups excluding carboxylic acids is 1. The Bertz CT molecular complexity index is 386. The Labute approximate surface area is 110 Å². The van der Waals surface area contributed by atoms with E-state index in [1.165, 1.54) is 44.1 Å². The zero-order valence-electron chi connectivity index (χ0n) is 11.4. The van der Waals surface area contributed by atoms with Gasteiger partial charge < -0.3 is 0 Å². The van der Waals surface area contributed by atoms with Gasteiger partial charge in [0.15, 0.2) is 5.78 Å². The van der Waals surface area contributed by atoms with Crippen molar-refractivity contribution in [2.75, 3.05) is 0 Å². The van der Waals surface area contributed by atoms with Crippen molar-refractivity contribution in [2.24, 2.45) is 23.7 Å². The predicted molar refractivity (Wildman–Crippen MR) is 74.2 cm³/mol. The van der Waals surface area contributed by atoms with E-state index in [9.17, 15) is 4.79 Å². The molecule has 98 valence electrons. The molecular weight excluding hydrogens is 220 g/mol. The van der Waals surface area contributed by atoms with E-state index in [1.54, 1.807) is 6.08 Å². The first kappa shape index (κ1) is 12.2. The molecule has 0 N–H and O–H groups in total. The molecule has 1 nitrogen and oxygen atoms in total. The summed E-state index contributed by atoms with van der Waals surface area (Å²) in [6.45, 7) is 2.45. The van der Waals surface area contributed by atoms with Crippen LogP contribution in [0.5, 0.6) is 0 Å². The van der Waals surface area contributed by atoms with Gasteiger partial charge in [0.1, 0.15) is 0 Å². The summed E-state index contributed by atoms with van der Waals surface area (Å²) in [5, 5.41) is 0. The molecule has 0 aromatic rings. The molecule has 0 amide bonds. The van der Waals surface area contributed by atoms with Crippen molar-refractivity contribution in [2.45, 2.75) is 51.9 Å².